The number of pyridine rings is 1. The molecule has 0 saturated heterocycles. The van der Waals surface area contributed by atoms with Crippen molar-refractivity contribution in [2.45, 2.75) is 13.8 Å². The van der Waals surface area contributed by atoms with Crippen LogP contribution < -0.4 is 4.90 Å². The van der Waals surface area contributed by atoms with E-state index in [4.69, 9.17) is 11.6 Å². The van der Waals surface area contributed by atoms with Crippen molar-refractivity contribution in [2.75, 3.05) is 18.0 Å². The molecule has 0 aliphatic carbocycles. The van der Waals surface area contributed by atoms with E-state index in [1.807, 2.05) is 18.2 Å². The van der Waals surface area contributed by atoms with E-state index in [-0.39, 0.29) is 5.15 Å². The van der Waals surface area contributed by atoms with Crippen LogP contribution in [-0.2, 0) is 0 Å². The number of fused-ring (bicyclic) bond motifs is 1. The summed E-state index contributed by atoms with van der Waals surface area (Å²) in [6, 6.07) is 7.78. The molecule has 1 heterocycles. The lowest BCUT2D eigenvalue weighted by Gasteiger charge is -2.21. The van der Waals surface area contributed by atoms with E-state index in [0.29, 0.717) is 5.56 Å². The largest absolute Gasteiger partial charge is 0.372 e. The standard InChI is InChI=1S/C14H15ClN2O/c1-3-17(4-2)12-6-5-10-7-11(9-18)14(15)16-13(10)8-12/h5-9H,3-4H2,1-2H3. The van der Waals surface area contributed by atoms with Gasteiger partial charge in [-0.05, 0) is 32.0 Å². The molecule has 0 radical (unpaired) electrons. The minimum absolute atomic E-state index is 0.259. The van der Waals surface area contributed by atoms with Crippen molar-refractivity contribution in [3.63, 3.8) is 0 Å². The quantitative estimate of drug-likeness (QED) is 0.624. The Morgan fingerprint density at radius 1 is 1.28 bits per heavy atom. The number of rotatable bonds is 4. The number of aromatic nitrogens is 1. The SMILES string of the molecule is CCN(CC)c1ccc2cc(C=O)c(Cl)nc2c1. The first-order valence-electron chi connectivity index (χ1n) is 6.00. The van der Waals surface area contributed by atoms with Gasteiger partial charge in [0.15, 0.2) is 6.29 Å². The van der Waals surface area contributed by atoms with Crippen LogP contribution in [-0.4, -0.2) is 24.4 Å². The van der Waals surface area contributed by atoms with Crippen molar-refractivity contribution in [3.05, 3.63) is 35.0 Å². The molecule has 2 rings (SSSR count). The molecule has 0 aliphatic rings. The van der Waals surface area contributed by atoms with Gasteiger partial charge in [-0.3, -0.25) is 4.79 Å². The minimum Gasteiger partial charge on any atom is -0.372 e. The number of nitrogens with zero attached hydrogens (tertiary/aromatic N) is 2. The lowest BCUT2D eigenvalue weighted by Crippen LogP contribution is -2.21. The summed E-state index contributed by atoms with van der Waals surface area (Å²) in [5.41, 5.74) is 2.37. The van der Waals surface area contributed by atoms with Crippen molar-refractivity contribution >= 4 is 34.5 Å². The third-order valence-corrected chi connectivity index (χ3v) is 3.34. The van der Waals surface area contributed by atoms with Crippen LogP contribution >= 0.6 is 11.6 Å². The van der Waals surface area contributed by atoms with Gasteiger partial charge in [0.25, 0.3) is 0 Å². The average molecular weight is 263 g/mol. The maximum atomic E-state index is 10.8. The zero-order chi connectivity index (χ0) is 13.1. The lowest BCUT2D eigenvalue weighted by molar-refractivity contribution is 0.112. The van der Waals surface area contributed by atoms with Gasteiger partial charge in [0, 0.05) is 24.2 Å². The molecule has 0 atom stereocenters. The first-order valence-corrected chi connectivity index (χ1v) is 6.37. The highest BCUT2D eigenvalue weighted by atomic mass is 35.5. The molecule has 3 nitrogen and oxygen atoms in total. The van der Waals surface area contributed by atoms with E-state index in [2.05, 4.69) is 23.7 Å². The first kappa shape index (κ1) is 12.8. The van der Waals surface area contributed by atoms with Crippen LogP contribution in [0.15, 0.2) is 24.3 Å². The molecule has 0 fully saturated rings. The Kier molecular flexibility index (Phi) is 3.82. The Morgan fingerprint density at radius 3 is 2.61 bits per heavy atom. The normalized spacial score (nSPS) is 10.6. The molecule has 4 heteroatoms. The molecule has 0 amide bonds. The Balaban J connectivity index is 2.55. The molecule has 94 valence electrons. The van der Waals surface area contributed by atoms with Gasteiger partial charge in [0.05, 0.1) is 11.1 Å². The van der Waals surface area contributed by atoms with E-state index in [1.54, 1.807) is 6.07 Å². The highest BCUT2D eigenvalue weighted by molar-refractivity contribution is 6.32. The van der Waals surface area contributed by atoms with Crippen molar-refractivity contribution < 1.29 is 4.79 Å². The van der Waals surface area contributed by atoms with Crippen LogP contribution in [0.1, 0.15) is 24.2 Å². The number of hydrogen-bond acceptors (Lipinski definition) is 3. The second-order valence-electron chi connectivity index (χ2n) is 4.04. The van der Waals surface area contributed by atoms with Gasteiger partial charge in [0.1, 0.15) is 5.15 Å². The molecular formula is C14H15ClN2O. The summed E-state index contributed by atoms with van der Waals surface area (Å²) < 4.78 is 0. The smallest absolute Gasteiger partial charge is 0.153 e. The zero-order valence-electron chi connectivity index (χ0n) is 10.5. The molecule has 1 aromatic heterocycles. The molecule has 0 N–H and O–H groups in total. The van der Waals surface area contributed by atoms with E-state index in [0.717, 1.165) is 36.0 Å². The van der Waals surface area contributed by atoms with Crippen molar-refractivity contribution in [2.24, 2.45) is 0 Å². The molecule has 1 aromatic carbocycles. The van der Waals surface area contributed by atoms with Crippen LogP contribution in [0.4, 0.5) is 5.69 Å². The number of aldehydes is 1. The van der Waals surface area contributed by atoms with Gasteiger partial charge in [0.2, 0.25) is 0 Å². The van der Waals surface area contributed by atoms with Gasteiger partial charge in [-0.25, -0.2) is 4.98 Å². The third-order valence-electron chi connectivity index (χ3n) is 3.04. The topological polar surface area (TPSA) is 33.2 Å². The predicted molar refractivity (Wildman–Crippen MR) is 75.7 cm³/mol. The summed E-state index contributed by atoms with van der Waals surface area (Å²) in [7, 11) is 0. The van der Waals surface area contributed by atoms with Crippen LogP contribution in [0.2, 0.25) is 5.15 Å². The van der Waals surface area contributed by atoms with Gasteiger partial charge in [-0.15, -0.1) is 0 Å². The second kappa shape index (κ2) is 5.36. The first-order chi connectivity index (χ1) is 8.69. The number of anilines is 1. The Labute approximate surface area is 111 Å². The van der Waals surface area contributed by atoms with Crippen molar-refractivity contribution in [3.8, 4) is 0 Å². The number of benzene rings is 1. The maximum absolute atomic E-state index is 10.8. The van der Waals surface area contributed by atoms with Gasteiger partial charge < -0.3 is 4.90 Å². The number of carbonyl (C=O) groups is 1. The summed E-state index contributed by atoms with van der Waals surface area (Å²) in [4.78, 5) is 17.3. The Morgan fingerprint density at radius 2 is 2.00 bits per heavy atom. The van der Waals surface area contributed by atoms with E-state index < -0.39 is 0 Å². The Hall–Kier alpha value is -1.61. The van der Waals surface area contributed by atoms with Crippen LogP contribution in [0.3, 0.4) is 0 Å². The Bertz CT molecular complexity index is 579. The van der Waals surface area contributed by atoms with E-state index in [1.165, 1.54) is 0 Å². The van der Waals surface area contributed by atoms with Crippen molar-refractivity contribution in [1.29, 1.82) is 0 Å². The molecule has 0 bridgehead atoms. The fraction of sp³-hybridized carbons (Fsp3) is 0.286. The summed E-state index contributed by atoms with van der Waals surface area (Å²) in [6.45, 7) is 6.12. The highest BCUT2D eigenvalue weighted by Gasteiger charge is 2.07. The summed E-state index contributed by atoms with van der Waals surface area (Å²) in [5, 5.41) is 1.19. The average Bonchev–Trinajstić information content (AvgIpc) is 2.39. The summed E-state index contributed by atoms with van der Waals surface area (Å²) in [6.07, 6.45) is 0.729. The predicted octanol–water partition coefficient (Wildman–Crippen LogP) is 3.55. The third kappa shape index (κ3) is 2.31. The molecule has 2 aromatic rings. The monoisotopic (exact) mass is 262 g/mol. The second-order valence-corrected chi connectivity index (χ2v) is 4.39. The molecule has 0 aliphatic heterocycles. The fourth-order valence-corrected chi connectivity index (χ4v) is 2.21. The van der Waals surface area contributed by atoms with Crippen LogP contribution in [0, 0.1) is 0 Å². The summed E-state index contributed by atoms with van der Waals surface area (Å²) >= 11 is 5.95. The lowest BCUT2D eigenvalue weighted by atomic mass is 10.1. The maximum Gasteiger partial charge on any atom is 0.153 e. The van der Waals surface area contributed by atoms with Gasteiger partial charge in [-0.2, -0.15) is 0 Å². The number of carbonyl (C=O) groups excluding carboxylic acids is 1. The van der Waals surface area contributed by atoms with E-state index >= 15 is 0 Å². The molecule has 0 unspecified atom stereocenters. The fourth-order valence-electron chi connectivity index (χ4n) is 2.02. The van der Waals surface area contributed by atoms with Gasteiger partial charge >= 0.3 is 0 Å². The van der Waals surface area contributed by atoms with Crippen LogP contribution in [0.25, 0.3) is 10.9 Å². The van der Waals surface area contributed by atoms with Crippen LogP contribution in [0.5, 0.6) is 0 Å². The van der Waals surface area contributed by atoms with Crippen molar-refractivity contribution in [1.82, 2.24) is 4.98 Å². The number of halogens is 1. The van der Waals surface area contributed by atoms with E-state index in [9.17, 15) is 4.79 Å². The van der Waals surface area contributed by atoms with Gasteiger partial charge in [-0.1, -0.05) is 17.7 Å². The zero-order valence-corrected chi connectivity index (χ0v) is 11.2. The summed E-state index contributed by atoms with van der Waals surface area (Å²) in [5.74, 6) is 0. The number of hydrogen-bond donors (Lipinski definition) is 0. The molecule has 18 heavy (non-hydrogen) atoms. The molecule has 0 spiro atoms. The molecular weight excluding hydrogens is 248 g/mol. The molecule has 0 saturated carbocycles. The minimum atomic E-state index is 0.259. The highest BCUT2D eigenvalue weighted by Crippen LogP contribution is 2.24.